The van der Waals surface area contributed by atoms with E-state index in [1.807, 2.05) is 25.1 Å². The minimum Gasteiger partial charge on any atom is -0.383 e. The lowest BCUT2D eigenvalue weighted by atomic mass is 10.2. The molecule has 31 heavy (non-hydrogen) atoms. The van der Waals surface area contributed by atoms with Gasteiger partial charge in [-0.25, -0.2) is 9.78 Å². The number of likely N-dealkylation sites (N-methyl/N-ethyl adjacent to an activating group) is 1. The van der Waals surface area contributed by atoms with E-state index in [1.54, 1.807) is 13.1 Å². The molecule has 0 bridgehead atoms. The van der Waals surface area contributed by atoms with Crippen molar-refractivity contribution in [1.29, 1.82) is 0 Å². The zero-order chi connectivity index (χ0) is 22.4. The maximum Gasteiger partial charge on any atom is 0.330 e. The predicted octanol–water partition coefficient (Wildman–Crippen LogP) is 0.489. The van der Waals surface area contributed by atoms with Crippen LogP contribution in [0.1, 0.15) is 26.7 Å². The van der Waals surface area contributed by atoms with Gasteiger partial charge < -0.3 is 15.5 Å². The largest absolute Gasteiger partial charge is 0.383 e. The van der Waals surface area contributed by atoms with Crippen LogP contribution in [0.5, 0.6) is 0 Å². The minimum atomic E-state index is -0.634. The third-order valence-corrected chi connectivity index (χ3v) is 5.54. The average Bonchev–Trinajstić information content (AvgIpc) is 2.77. The van der Waals surface area contributed by atoms with Crippen molar-refractivity contribution in [1.82, 2.24) is 19.4 Å². The van der Waals surface area contributed by atoms with Crippen LogP contribution in [0.2, 0.25) is 0 Å². The number of nitrogens with zero attached hydrogens (tertiary/aromatic N) is 5. The maximum absolute atomic E-state index is 13.1. The number of rotatable bonds is 8. The summed E-state index contributed by atoms with van der Waals surface area (Å²) >= 11 is 0. The van der Waals surface area contributed by atoms with Crippen molar-refractivity contribution in [2.45, 2.75) is 33.2 Å². The van der Waals surface area contributed by atoms with Gasteiger partial charge in [0.2, 0.25) is 5.91 Å². The van der Waals surface area contributed by atoms with E-state index in [4.69, 9.17) is 5.73 Å². The fourth-order valence-electron chi connectivity index (χ4n) is 3.79. The Hall–Kier alpha value is -3.14. The van der Waals surface area contributed by atoms with Gasteiger partial charge in [-0.1, -0.05) is 19.4 Å². The monoisotopic (exact) mass is 429 g/mol. The van der Waals surface area contributed by atoms with Gasteiger partial charge in [-0.3, -0.25) is 24.0 Å². The summed E-state index contributed by atoms with van der Waals surface area (Å²) in [5.41, 5.74) is 5.05. The molecule has 3 rings (SSSR count). The maximum atomic E-state index is 13.1. The van der Waals surface area contributed by atoms with Crippen LogP contribution in [0, 0.1) is 0 Å². The number of carbonyl (C=O) groups excluding carboxylic acids is 1. The fourth-order valence-corrected chi connectivity index (χ4v) is 3.79. The van der Waals surface area contributed by atoms with Crippen molar-refractivity contribution in [3.8, 4) is 0 Å². The van der Waals surface area contributed by atoms with Crippen LogP contribution in [0.15, 0.2) is 34.0 Å². The number of nitrogens with one attached hydrogen (secondary N) is 1. The quantitative estimate of drug-likeness (QED) is 0.626. The van der Waals surface area contributed by atoms with Crippen LogP contribution in [0.25, 0.3) is 0 Å². The van der Waals surface area contributed by atoms with Gasteiger partial charge in [0.15, 0.2) is 5.69 Å². The Morgan fingerprint density at radius 3 is 2.55 bits per heavy atom. The predicted molar refractivity (Wildman–Crippen MR) is 122 cm³/mol. The average molecular weight is 430 g/mol. The summed E-state index contributed by atoms with van der Waals surface area (Å²) in [6.45, 7) is 7.60. The van der Waals surface area contributed by atoms with E-state index in [1.165, 1.54) is 9.47 Å². The molecule has 0 aliphatic carbocycles. The lowest BCUT2D eigenvalue weighted by Crippen LogP contribution is -2.51. The first kappa shape index (κ1) is 22.5. The van der Waals surface area contributed by atoms with Crippen molar-refractivity contribution in [3.63, 3.8) is 0 Å². The lowest BCUT2D eigenvalue weighted by molar-refractivity contribution is -0.119. The second-order valence-corrected chi connectivity index (χ2v) is 7.59. The Labute approximate surface area is 181 Å². The van der Waals surface area contributed by atoms with Crippen LogP contribution in [-0.2, 0) is 11.3 Å². The lowest BCUT2D eigenvalue weighted by Gasteiger charge is -2.35. The molecule has 0 saturated carbocycles. The van der Waals surface area contributed by atoms with E-state index in [-0.39, 0.29) is 30.5 Å². The highest BCUT2D eigenvalue weighted by Crippen LogP contribution is 2.18. The normalized spacial score (nSPS) is 14.6. The van der Waals surface area contributed by atoms with Crippen molar-refractivity contribution in [2.24, 2.45) is 0 Å². The summed E-state index contributed by atoms with van der Waals surface area (Å²) in [5.74, 6) is 0.751. The zero-order valence-corrected chi connectivity index (χ0v) is 18.2. The van der Waals surface area contributed by atoms with E-state index < -0.39 is 11.2 Å². The highest BCUT2D eigenvalue weighted by Gasteiger charge is 2.26. The Kier molecular flexibility index (Phi) is 7.45. The molecule has 2 aromatic heterocycles. The molecule has 1 aliphatic rings. The molecular formula is C21H31N7O3. The molecule has 0 radical (unpaired) electrons. The van der Waals surface area contributed by atoms with E-state index in [2.05, 4.69) is 19.8 Å². The number of unbranched alkanes of at least 4 members (excludes halogenated alkanes) is 1. The molecule has 0 unspecified atom stereocenters. The highest BCUT2D eigenvalue weighted by atomic mass is 16.2. The van der Waals surface area contributed by atoms with E-state index in [9.17, 15) is 14.4 Å². The van der Waals surface area contributed by atoms with Gasteiger partial charge >= 0.3 is 5.69 Å². The number of anilines is 3. The van der Waals surface area contributed by atoms with Gasteiger partial charge in [-0.05, 0) is 25.5 Å². The van der Waals surface area contributed by atoms with Gasteiger partial charge in [0.25, 0.3) is 5.56 Å². The first-order chi connectivity index (χ1) is 15.0. The third-order valence-electron chi connectivity index (χ3n) is 5.54. The van der Waals surface area contributed by atoms with Crippen molar-refractivity contribution in [3.05, 3.63) is 45.2 Å². The van der Waals surface area contributed by atoms with Gasteiger partial charge in [0.1, 0.15) is 11.6 Å². The van der Waals surface area contributed by atoms with E-state index in [0.29, 0.717) is 19.6 Å². The number of H-pyrrole nitrogens is 1. The summed E-state index contributed by atoms with van der Waals surface area (Å²) in [7, 11) is 0. The summed E-state index contributed by atoms with van der Waals surface area (Å²) < 4.78 is 1.34. The second-order valence-electron chi connectivity index (χ2n) is 7.59. The molecule has 1 aliphatic heterocycles. The molecule has 1 amide bonds. The molecular weight excluding hydrogens is 398 g/mol. The number of amides is 1. The number of carbonyl (C=O) groups is 1. The topological polar surface area (TPSA) is 121 Å². The molecule has 0 aromatic carbocycles. The number of piperazine rings is 1. The molecule has 1 fully saturated rings. The summed E-state index contributed by atoms with van der Waals surface area (Å²) in [5, 5.41) is 0. The van der Waals surface area contributed by atoms with Gasteiger partial charge in [0.05, 0.1) is 6.54 Å². The highest BCUT2D eigenvalue weighted by molar-refractivity contribution is 5.96. The molecule has 3 heterocycles. The van der Waals surface area contributed by atoms with E-state index in [0.717, 1.165) is 31.7 Å². The van der Waals surface area contributed by atoms with Crippen LogP contribution in [0.3, 0.4) is 0 Å². The number of hydrogen-bond donors (Lipinski definition) is 2. The standard InChI is InChI=1S/C21H31N7O3/c1-3-5-10-28-19(22)18(20(30)24-21(28)31)27(4-2)17(29)15-25-11-13-26(14-12-25)16-8-6-7-9-23-16/h6-9H,3-5,10-15,22H2,1-2H3,(H,24,30,31). The molecule has 10 heteroatoms. The van der Waals surface area contributed by atoms with Gasteiger partial charge in [0, 0.05) is 45.5 Å². The molecule has 1 saturated heterocycles. The first-order valence-corrected chi connectivity index (χ1v) is 10.8. The second kappa shape index (κ2) is 10.3. The molecule has 0 atom stereocenters. The zero-order valence-electron chi connectivity index (χ0n) is 18.2. The van der Waals surface area contributed by atoms with Gasteiger partial charge in [-0.15, -0.1) is 0 Å². The number of nitrogen functional groups attached to an aromatic ring is 1. The SMILES string of the molecule is CCCCn1c(N)c(N(CC)C(=O)CN2CCN(c3ccccn3)CC2)c(=O)[nH]c1=O. The molecule has 2 aromatic rings. The molecule has 168 valence electrons. The van der Waals surface area contributed by atoms with Crippen molar-refractivity contribution in [2.75, 3.05) is 54.8 Å². The van der Waals surface area contributed by atoms with Crippen LogP contribution < -0.4 is 26.8 Å². The van der Waals surface area contributed by atoms with Crippen molar-refractivity contribution >= 4 is 23.2 Å². The number of hydrogen-bond acceptors (Lipinski definition) is 7. The Morgan fingerprint density at radius 2 is 1.94 bits per heavy atom. The van der Waals surface area contributed by atoms with Crippen LogP contribution in [-0.4, -0.2) is 64.6 Å². The van der Waals surface area contributed by atoms with Gasteiger partial charge in [-0.2, -0.15) is 0 Å². The Bertz CT molecular complexity index is 994. The molecule has 3 N–H and O–H groups in total. The number of aromatic amines is 1. The smallest absolute Gasteiger partial charge is 0.330 e. The number of nitrogens with two attached hydrogens (primary N) is 1. The van der Waals surface area contributed by atoms with Crippen LogP contribution in [0.4, 0.5) is 17.3 Å². The Morgan fingerprint density at radius 1 is 1.19 bits per heavy atom. The van der Waals surface area contributed by atoms with E-state index >= 15 is 0 Å². The summed E-state index contributed by atoms with van der Waals surface area (Å²) in [6.07, 6.45) is 3.39. The third kappa shape index (κ3) is 5.13. The van der Waals surface area contributed by atoms with Crippen LogP contribution >= 0.6 is 0 Å². The summed E-state index contributed by atoms with van der Waals surface area (Å²) in [6, 6.07) is 5.82. The first-order valence-electron chi connectivity index (χ1n) is 10.8. The van der Waals surface area contributed by atoms with Crippen molar-refractivity contribution < 1.29 is 4.79 Å². The molecule has 10 nitrogen and oxygen atoms in total. The minimum absolute atomic E-state index is 0.0392. The number of pyridine rings is 1. The summed E-state index contributed by atoms with van der Waals surface area (Å²) in [4.78, 5) is 50.1. The Balaban J connectivity index is 1.71. The molecule has 0 spiro atoms. The number of aromatic nitrogens is 3. The fraction of sp³-hybridized carbons (Fsp3) is 0.524.